The van der Waals surface area contributed by atoms with Crippen molar-refractivity contribution >= 4 is 23.2 Å². The Labute approximate surface area is 189 Å². The van der Waals surface area contributed by atoms with Gasteiger partial charge in [-0.1, -0.05) is 11.6 Å². The first-order valence-electron chi connectivity index (χ1n) is 9.65. The first-order valence-corrected chi connectivity index (χ1v) is 10.0. The smallest absolute Gasteiger partial charge is 0.417 e. The van der Waals surface area contributed by atoms with Crippen LogP contribution in [0, 0.1) is 11.0 Å². The maximum absolute atomic E-state index is 13.7. The molecule has 1 aliphatic rings. The fraction of sp³-hybridized carbons (Fsp3) is 0.182. The van der Waals surface area contributed by atoms with E-state index < -0.39 is 34.2 Å². The van der Waals surface area contributed by atoms with Gasteiger partial charge in [0.1, 0.15) is 17.3 Å². The van der Waals surface area contributed by atoms with Crippen LogP contribution in [0.2, 0.25) is 5.02 Å². The van der Waals surface area contributed by atoms with E-state index in [-0.39, 0.29) is 28.9 Å². The van der Waals surface area contributed by atoms with Crippen molar-refractivity contribution in [2.75, 3.05) is 5.32 Å². The number of benzene rings is 2. The number of anilines is 1. The van der Waals surface area contributed by atoms with Crippen LogP contribution in [-0.4, -0.2) is 12.0 Å². The zero-order valence-electron chi connectivity index (χ0n) is 16.7. The summed E-state index contributed by atoms with van der Waals surface area (Å²) in [7, 11) is 0. The molecule has 0 radical (unpaired) electrons. The highest BCUT2D eigenvalue weighted by Gasteiger charge is 2.35. The fourth-order valence-corrected chi connectivity index (χ4v) is 3.17. The van der Waals surface area contributed by atoms with Gasteiger partial charge in [0.2, 0.25) is 6.20 Å². The molecule has 6 nitrogen and oxygen atoms in total. The van der Waals surface area contributed by atoms with Crippen molar-refractivity contribution in [1.29, 1.82) is 0 Å². The minimum absolute atomic E-state index is 0.0113. The largest absolute Gasteiger partial charge is 0.619 e. The van der Waals surface area contributed by atoms with E-state index >= 15 is 0 Å². The standard InChI is InChI=1S/C22H15ClF4N2O4/c23-17-9-15(21(30)28-13-2-1-7-29(31)11-13)19(10-16(17)22(25,26)27)33-18-6-3-12(24)8-20(18)32-14-4-5-14/h1-3,6-11,14H,4-5H2,(H,28,30). The lowest BCUT2D eigenvalue weighted by Gasteiger charge is -2.17. The molecule has 0 atom stereocenters. The zero-order valence-corrected chi connectivity index (χ0v) is 17.4. The van der Waals surface area contributed by atoms with Gasteiger partial charge in [0.15, 0.2) is 17.7 Å². The average molecular weight is 483 g/mol. The number of aromatic nitrogens is 1. The van der Waals surface area contributed by atoms with Crippen molar-refractivity contribution in [1.82, 2.24) is 0 Å². The molecule has 1 amide bonds. The molecular formula is C22H15ClF4N2O4. The first-order chi connectivity index (χ1) is 15.6. The van der Waals surface area contributed by atoms with E-state index in [9.17, 15) is 27.6 Å². The number of nitrogens with zero attached hydrogens (tertiary/aromatic N) is 1. The highest BCUT2D eigenvalue weighted by molar-refractivity contribution is 6.32. The van der Waals surface area contributed by atoms with E-state index in [0.717, 1.165) is 37.2 Å². The molecule has 172 valence electrons. The number of alkyl halides is 3. The molecule has 0 bridgehead atoms. The predicted octanol–water partition coefficient (Wildman–Crippen LogP) is 5.72. The Bertz CT molecular complexity index is 1220. The van der Waals surface area contributed by atoms with Crippen LogP contribution in [0.1, 0.15) is 28.8 Å². The van der Waals surface area contributed by atoms with E-state index in [4.69, 9.17) is 21.1 Å². The number of carbonyl (C=O) groups excluding carboxylic acids is 1. The van der Waals surface area contributed by atoms with Gasteiger partial charge in [-0.25, -0.2) is 4.39 Å². The number of rotatable bonds is 6. The normalized spacial score (nSPS) is 13.5. The molecule has 0 saturated heterocycles. The zero-order chi connectivity index (χ0) is 23.8. The van der Waals surface area contributed by atoms with Crippen molar-refractivity contribution in [2.24, 2.45) is 0 Å². The number of ether oxygens (including phenoxy) is 2. The summed E-state index contributed by atoms with van der Waals surface area (Å²) in [5.41, 5.74) is -1.46. The molecule has 1 fully saturated rings. The molecule has 11 heteroatoms. The fourth-order valence-electron chi connectivity index (χ4n) is 2.90. The number of amides is 1. The molecule has 4 rings (SSSR count). The molecule has 0 spiro atoms. The van der Waals surface area contributed by atoms with Gasteiger partial charge >= 0.3 is 6.18 Å². The van der Waals surface area contributed by atoms with E-state index in [1.54, 1.807) is 0 Å². The highest BCUT2D eigenvalue weighted by atomic mass is 35.5. The minimum Gasteiger partial charge on any atom is -0.619 e. The summed E-state index contributed by atoms with van der Waals surface area (Å²) >= 11 is 5.81. The van der Waals surface area contributed by atoms with E-state index in [0.29, 0.717) is 10.8 Å². The Morgan fingerprint density at radius 2 is 1.88 bits per heavy atom. The molecule has 1 aliphatic carbocycles. The van der Waals surface area contributed by atoms with Crippen LogP contribution in [0.4, 0.5) is 23.2 Å². The molecule has 1 N–H and O–H groups in total. The van der Waals surface area contributed by atoms with Crippen LogP contribution in [0.5, 0.6) is 17.2 Å². The Hall–Kier alpha value is -3.53. The summed E-state index contributed by atoms with van der Waals surface area (Å²) in [5.74, 6) is -2.08. The monoisotopic (exact) mass is 482 g/mol. The molecule has 2 aromatic carbocycles. The molecule has 1 heterocycles. The lowest BCUT2D eigenvalue weighted by molar-refractivity contribution is -0.604. The van der Waals surface area contributed by atoms with Gasteiger partial charge in [0.05, 0.1) is 22.3 Å². The minimum atomic E-state index is -4.83. The molecule has 33 heavy (non-hydrogen) atoms. The lowest BCUT2D eigenvalue weighted by atomic mass is 10.1. The summed E-state index contributed by atoms with van der Waals surface area (Å²) in [6, 6.07) is 7.47. The van der Waals surface area contributed by atoms with Crippen LogP contribution in [0.25, 0.3) is 0 Å². The maximum Gasteiger partial charge on any atom is 0.417 e. The van der Waals surface area contributed by atoms with Crippen LogP contribution < -0.4 is 19.5 Å². The van der Waals surface area contributed by atoms with Gasteiger partial charge in [-0.05, 0) is 43.2 Å². The van der Waals surface area contributed by atoms with E-state index in [1.807, 2.05) is 0 Å². The van der Waals surface area contributed by atoms with Gasteiger partial charge in [-0.2, -0.15) is 17.9 Å². The van der Waals surface area contributed by atoms with Crippen molar-refractivity contribution in [3.63, 3.8) is 0 Å². The Balaban J connectivity index is 1.74. The third-order valence-corrected chi connectivity index (χ3v) is 4.91. The van der Waals surface area contributed by atoms with Crippen molar-refractivity contribution in [3.05, 3.63) is 82.0 Å². The lowest BCUT2D eigenvalue weighted by Crippen LogP contribution is -2.25. The second kappa shape index (κ2) is 8.78. The van der Waals surface area contributed by atoms with Gasteiger partial charge in [0, 0.05) is 12.1 Å². The summed E-state index contributed by atoms with van der Waals surface area (Å²) in [5, 5.41) is 13.1. The van der Waals surface area contributed by atoms with Crippen LogP contribution in [0.15, 0.2) is 54.9 Å². The Morgan fingerprint density at radius 1 is 1.12 bits per heavy atom. The first kappa shape index (κ1) is 22.7. The predicted molar refractivity (Wildman–Crippen MR) is 110 cm³/mol. The second-order valence-corrected chi connectivity index (χ2v) is 7.65. The summed E-state index contributed by atoms with van der Waals surface area (Å²) in [6.45, 7) is 0. The molecule has 0 unspecified atom stereocenters. The summed E-state index contributed by atoms with van der Waals surface area (Å²) in [4.78, 5) is 12.8. The molecular weight excluding hydrogens is 468 g/mol. The number of nitrogens with one attached hydrogen (secondary N) is 1. The average Bonchev–Trinajstić information content (AvgIpc) is 3.54. The molecule has 1 saturated carbocycles. The number of pyridine rings is 1. The van der Waals surface area contributed by atoms with Gasteiger partial charge in [-0.15, -0.1) is 0 Å². The second-order valence-electron chi connectivity index (χ2n) is 7.24. The van der Waals surface area contributed by atoms with Crippen LogP contribution in [-0.2, 0) is 6.18 Å². The SMILES string of the molecule is O=C(Nc1ccc[n+]([O-])c1)c1cc(Cl)c(C(F)(F)F)cc1Oc1ccc(F)cc1OC1CC1. The number of hydrogen-bond acceptors (Lipinski definition) is 4. The number of hydrogen-bond donors (Lipinski definition) is 1. The van der Waals surface area contributed by atoms with E-state index in [1.165, 1.54) is 24.4 Å². The van der Waals surface area contributed by atoms with Crippen molar-refractivity contribution < 1.29 is 36.6 Å². The summed E-state index contributed by atoms with van der Waals surface area (Å²) < 4.78 is 65.7. The van der Waals surface area contributed by atoms with Crippen LogP contribution >= 0.6 is 11.6 Å². The molecule has 1 aromatic heterocycles. The quantitative estimate of drug-likeness (QED) is 0.277. The van der Waals surface area contributed by atoms with Gasteiger partial charge in [-0.3, -0.25) is 4.79 Å². The Kier molecular flexibility index (Phi) is 6.03. The molecule has 0 aliphatic heterocycles. The topological polar surface area (TPSA) is 74.5 Å². The third-order valence-electron chi connectivity index (χ3n) is 4.60. The third kappa shape index (κ3) is 5.46. The Morgan fingerprint density at radius 3 is 2.55 bits per heavy atom. The number of carbonyl (C=O) groups is 1. The summed E-state index contributed by atoms with van der Waals surface area (Å²) in [6.07, 6.45) is -1.22. The van der Waals surface area contributed by atoms with Crippen molar-refractivity contribution in [2.45, 2.75) is 25.1 Å². The maximum atomic E-state index is 13.7. The van der Waals surface area contributed by atoms with Crippen LogP contribution in [0.3, 0.4) is 0 Å². The molecule has 3 aromatic rings. The highest BCUT2D eigenvalue weighted by Crippen LogP contribution is 2.42. The van der Waals surface area contributed by atoms with Gasteiger partial charge in [0.25, 0.3) is 5.91 Å². The van der Waals surface area contributed by atoms with Gasteiger partial charge < -0.3 is 20.0 Å². The number of halogens is 5. The van der Waals surface area contributed by atoms with Crippen molar-refractivity contribution in [3.8, 4) is 17.2 Å². The van der Waals surface area contributed by atoms with E-state index in [2.05, 4.69) is 5.32 Å².